The Kier molecular flexibility index (Phi) is 2.35. The van der Waals surface area contributed by atoms with Gasteiger partial charge in [-0.3, -0.25) is 4.79 Å². The molecular formula is C4H9NO3. The summed E-state index contributed by atoms with van der Waals surface area (Å²) in [5.74, 6) is -1.19. The molecule has 4 N–H and O–H groups in total. The fourth-order valence-electron chi connectivity index (χ4n) is 0.214. The highest BCUT2D eigenvalue weighted by Gasteiger charge is 2.08. The van der Waals surface area contributed by atoms with Gasteiger partial charge in [-0.05, 0) is 6.42 Å². The zero-order chi connectivity index (χ0) is 7.44. The van der Waals surface area contributed by atoms with Crippen molar-refractivity contribution in [2.75, 3.05) is 6.58 Å². The molecule has 0 aliphatic carbocycles. The molecule has 0 aromatic carbocycles. The maximum absolute atomic E-state index is 9.92. The minimum atomic E-state index is -1.39. The van der Waals surface area contributed by atoms with E-state index in [4.69, 9.17) is 17.3 Å². The molecule has 2 atom stereocenters. The van der Waals surface area contributed by atoms with Gasteiger partial charge in [-0.2, -0.15) is 0 Å². The molecule has 0 aromatic rings. The lowest BCUT2D eigenvalue weighted by atomic mass is 10.2. The van der Waals surface area contributed by atoms with Gasteiger partial charge in [0, 0.05) is 6.58 Å². The van der Waals surface area contributed by atoms with Crippen LogP contribution in [0.1, 0.15) is 7.79 Å². The molecule has 0 radical (unpaired) electrons. The van der Waals surface area contributed by atoms with E-state index in [0.717, 1.165) is 0 Å². The van der Waals surface area contributed by atoms with Crippen molar-refractivity contribution in [3.63, 3.8) is 0 Å². The van der Waals surface area contributed by atoms with E-state index in [1.807, 2.05) is 0 Å². The van der Waals surface area contributed by atoms with Crippen molar-refractivity contribution in [3.05, 3.63) is 0 Å². The minimum Gasteiger partial charge on any atom is -0.480 e. The summed E-state index contributed by atoms with van der Waals surface area (Å²) in [7, 11) is 0. The van der Waals surface area contributed by atoms with Crippen molar-refractivity contribution in [1.29, 1.82) is 0 Å². The average molecular weight is 120 g/mol. The fraction of sp³-hybridized carbons (Fsp3) is 0.750. The Labute approximate surface area is 48.3 Å². The number of carbonyl (C=O) groups is 1. The largest absolute Gasteiger partial charge is 0.480 e. The second-order valence-electron chi connectivity index (χ2n) is 1.36. The lowest BCUT2D eigenvalue weighted by molar-refractivity contribution is -0.138. The number of carboxylic acids is 1. The third-order valence-electron chi connectivity index (χ3n) is 0.677. The number of aliphatic hydroxyl groups excluding tert-OH is 1. The quantitative estimate of drug-likeness (QED) is 0.436. The van der Waals surface area contributed by atoms with Crippen LogP contribution in [0.4, 0.5) is 0 Å². The normalized spacial score (nSPS) is 19.0. The highest BCUT2D eigenvalue weighted by molar-refractivity contribution is 5.72. The summed E-state index contributed by atoms with van der Waals surface area (Å²) in [4.78, 5) is 9.92. The van der Waals surface area contributed by atoms with Crippen LogP contribution in [-0.4, -0.2) is 28.8 Å². The highest BCUT2D eigenvalue weighted by Crippen LogP contribution is 1.83. The van der Waals surface area contributed by atoms with Crippen LogP contribution in [0.2, 0.25) is 0 Å². The Hall–Kier alpha value is -0.610. The second kappa shape index (κ2) is 3.40. The summed E-state index contributed by atoms with van der Waals surface area (Å²) in [6, 6.07) is -1.13. The predicted octanol–water partition coefficient (Wildman–Crippen LogP) is -1.22. The third-order valence-corrected chi connectivity index (χ3v) is 0.677. The molecule has 0 saturated heterocycles. The lowest BCUT2D eigenvalue weighted by Gasteiger charge is -2.00. The molecule has 0 aliphatic rings. The van der Waals surface area contributed by atoms with Gasteiger partial charge in [-0.15, -0.1) is 0 Å². The molecule has 0 aliphatic heterocycles. The molecule has 0 rings (SSSR count). The first kappa shape index (κ1) is 5.53. The van der Waals surface area contributed by atoms with Gasteiger partial charge in [-0.25, -0.2) is 0 Å². The van der Waals surface area contributed by atoms with Crippen LogP contribution in [0.5, 0.6) is 0 Å². The van der Waals surface area contributed by atoms with E-state index >= 15 is 0 Å². The number of hydrogen-bond donors (Lipinski definition) is 3. The van der Waals surface area contributed by atoms with Gasteiger partial charge in [0.15, 0.2) is 0 Å². The lowest BCUT2D eigenvalue weighted by Crippen LogP contribution is -2.30. The summed E-state index contributed by atoms with van der Waals surface area (Å²) >= 11 is 0. The standard InChI is InChI=1S/C4H9NO3/c5-3(1-2-6)4(7)8/h3,6H,1-2,5H2,(H,7,8)/t3-/m0/s1/i2D/t2-,3-. The number of aliphatic hydroxyl groups is 1. The van der Waals surface area contributed by atoms with Crippen molar-refractivity contribution in [2.24, 2.45) is 5.73 Å². The van der Waals surface area contributed by atoms with Gasteiger partial charge in [0.25, 0.3) is 0 Å². The zero-order valence-electron chi connectivity index (χ0n) is 5.24. The van der Waals surface area contributed by atoms with E-state index in [1.54, 1.807) is 0 Å². The van der Waals surface area contributed by atoms with Crippen LogP contribution < -0.4 is 5.73 Å². The fourth-order valence-corrected chi connectivity index (χ4v) is 0.214. The maximum Gasteiger partial charge on any atom is 0.320 e. The van der Waals surface area contributed by atoms with Crippen molar-refractivity contribution in [1.82, 2.24) is 0 Å². The third kappa shape index (κ3) is 2.54. The van der Waals surface area contributed by atoms with Crippen LogP contribution in [-0.2, 0) is 4.79 Å². The van der Waals surface area contributed by atoms with E-state index in [1.165, 1.54) is 0 Å². The molecule has 4 heteroatoms. The number of hydrogen-bond acceptors (Lipinski definition) is 3. The summed E-state index contributed by atoms with van der Waals surface area (Å²) in [5, 5.41) is 16.4. The Morgan fingerprint density at radius 3 is 2.62 bits per heavy atom. The molecule has 0 unspecified atom stereocenters. The van der Waals surface area contributed by atoms with Gasteiger partial charge in [0.2, 0.25) is 0 Å². The smallest absolute Gasteiger partial charge is 0.320 e. The van der Waals surface area contributed by atoms with E-state index in [0.29, 0.717) is 0 Å². The maximum atomic E-state index is 9.92. The summed E-state index contributed by atoms with van der Waals surface area (Å²) in [5.41, 5.74) is 4.94. The molecule has 8 heavy (non-hydrogen) atoms. The molecule has 0 aromatic heterocycles. The van der Waals surface area contributed by atoms with Gasteiger partial charge in [-0.1, -0.05) is 0 Å². The molecule has 48 valence electrons. The molecule has 4 nitrogen and oxygen atoms in total. The van der Waals surface area contributed by atoms with E-state index < -0.39 is 18.6 Å². The number of nitrogens with two attached hydrogens (primary N) is 1. The molecule has 0 heterocycles. The zero-order valence-corrected chi connectivity index (χ0v) is 4.24. The number of carboxylic acid groups (broad SMARTS) is 1. The first-order valence-electron chi connectivity index (χ1n) is 2.70. The summed E-state index contributed by atoms with van der Waals surface area (Å²) < 4.78 is 6.51. The highest BCUT2D eigenvalue weighted by atomic mass is 16.4. The van der Waals surface area contributed by atoms with Crippen molar-refractivity contribution >= 4 is 5.97 Å². The first-order chi connectivity index (χ1) is 4.04. The Morgan fingerprint density at radius 1 is 2.00 bits per heavy atom. The topological polar surface area (TPSA) is 83.5 Å². The molecule has 0 amide bonds. The summed E-state index contributed by atoms with van der Waals surface area (Å²) in [6.45, 7) is -1.39. The first-order valence-corrected chi connectivity index (χ1v) is 2.12. The van der Waals surface area contributed by atoms with E-state index in [9.17, 15) is 4.79 Å². The Morgan fingerprint density at radius 2 is 2.50 bits per heavy atom. The van der Waals surface area contributed by atoms with Gasteiger partial charge in [0.1, 0.15) is 6.04 Å². The van der Waals surface area contributed by atoms with E-state index in [2.05, 4.69) is 0 Å². The van der Waals surface area contributed by atoms with Crippen molar-refractivity contribution < 1.29 is 16.4 Å². The molecule has 0 fully saturated rings. The van der Waals surface area contributed by atoms with Crippen LogP contribution in [0, 0.1) is 0 Å². The SMILES string of the molecule is [2H][C@H](O)C[C@H](N)C(=O)O. The average Bonchev–Trinajstić information content (AvgIpc) is 1.63. The van der Waals surface area contributed by atoms with Gasteiger partial charge < -0.3 is 15.9 Å². The van der Waals surface area contributed by atoms with Crippen LogP contribution in [0.15, 0.2) is 0 Å². The summed E-state index contributed by atoms with van der Waals surface area (Å²) in [6.07, 6.45) is -0.227. The number of aliphatic carboxylic acids is 1. The van der Waals surface area contributed by atoms with Crippen LogP contribution in [0.3, 0.4) is 0 Å². The Bertz CT molecular complexity index is 106. The molecule has 0 bridgehead atoms. The van der Waals surface area contributed by atoms with Gasteiger partial charge >= 0.3 is 5.97 Å². The minimum absolute atomic E-state index is 0.227. The van der Waals surface area contributed by atoms with Crippen molar-refractivity contribution in [3.8, 4) is 0 Å². The molecule has 0 saturated carbocycles. The van der Waals surface area contributed by atoms with E-state index in [-0.39, 0.29) is 6.42 Å². The predicted molar refractivity (Wildman–Crippen MR) is 27.3 cm³/mol. The van der Waals surface area contributed by atoms with Gasteiger partial charge in [0.05, 0.1) is 1.37 Å². The Balaban J connectivity index is 3.50. The molecular weight excluding hydrogens is 110 g/mol. The van der Waals surface area contributed by atoms with Crippen LogP contribution in [0.25, 0.3) is 0 Å². The number of rotatable bonds is 3. The second-order valence-corrected chi connectivity index (χ2v) is 1.36. The monoisotopic (exact) mass is 120 g/mol. The van der Waals surface area contributed by atoms with Crippen LogP contribution >= 0.6 is 0 Å². The molecule has 0 spiro atoms. The van der Waals surface area contributed by atoms with Crippen molar-refractivity contribution in [2.45, 2.75) is 12.5 Å².